The van der Waals surface area contributed by atoms with Crippen molar-refractivity contribution in [1.29, 1.82) is 0 Å². The zero-order chi connectivity index (χ0) is 19.7. The van der Waals surface area contributed by atoms with Crippen molar-refractivity contribution < 1.29 is 19.1 Å². The Morgan fingerprint density at radius 1 is 1.36 bits per heavy atom. The molecule has 0 aromatic carbocycles. The van der Waals surface area contributed by atoms with Gasteiger partial charge in [0, 0.05) is 43.7 Å². The lowest BCUT2D eigenvalue weighted by atomic mass is 10.1. The van der Waals surface area contributed by atoms with Gasteiger partial charge in [-0.1, -0.05) is 0 Å². The lowest BCUT2D eigenvalue weighted by Gasteiger charge is -2.38. The maximum Gasteiger partial charge on any atom is 0.410 e. The smallest absolute Gasteiger partial charge is 0.410 e. The van der Waals surface area contributed by atoms with E-state index in [-0.39, 0.29) is 17.9 Å². The molecule has 150 valence electrons. The van der Waals surface area contributed by atoms with E-state index in [0.29, 0.717) is 37.5 Å². The molecular weight excluding hydrogens is 362 g/mol. The molecule has 2 amide bonds. The van der Waals surface area contributed by atoms with Crippen molar-refractivity contribution in [2.75, 3.05) is 38.6 Å². The standard InChI is InChI=1S/C19H25N5O4/c1-19(10-27-11-19)28-18(26)24-8-14-13(15(14)9-24)4-5-21-16(25)3-2-12-6-22-17(20)23-7-12/h2-3,6-7,13-15H,4-5,8-11H2,1H3,(H,21,25)(H2,20,22,23)/b3-2+/t13-,14-,15+. The number of fused-ring (bicyclic) bond motifs is 1. The molecule has 2 saturated heterocycles. The topological polar surface area (TPSA) is 120 Å². The maximum atomic E-state index is 12.2. The van der Waals surface area contributed by atoms with Crippen LogP contribution in [0.3, 0.4) is 0 Å². The van der Waals surface area contributed by atoms with Gasteiger partial charge in [-0.25, -0.2) is 14.8 Å². The van der Waals surface area contributed by atoms with Gasteiger partial charge in [-0.3, -0.25) is 4.79 Å². The summed E-state index contributed by atoms with van der Waals surface area (Å²) < 4.78 is 10.6. The number of carbonyl (C=O) groups excluding carboxylic acids is 2. The fourth-order valence-corrected chi connectivity index (χ4v) is 3.98. The van der Waals surface area contributed by atoms with Crippen molar-refractivity contribution in [2.24, 2.45) is 17.8 Å². The maximum absolute atomic E-state index is 12.2. The number of nitrogens with zero attached hydrogens (tertiary/aromatic N) is 3. The van der Waals surface area contributed by atoms with Gasteiger partial charge in [-0.2, -0.15) is 0 Å². The number of nitrogens with one attached hydrogen (secondary N) is 1. The fraction of sp³-hybridized carbons (Fsp3) is 0.579. The highest BCUT2D eigenvalue weighted by Gasteiger charge is 2.56. The summed E-state index contributed by atoms with van der Waals surface area (Å²) in [7, 11) is 0. The molecule has 0 spiro atoms. The quantitative estimate of drug-likeness (QED) is 0.689. The molecule has 3 aliphatic rings. The van der Waals surface area contributed by atoms with Crippen LogP contribution in [-0.4, -0.2) is 65.3 Å². The predicted molar refractivity (Wildman–Crippen MR) is 101 cm³/mol. The van der Waals surface area contributed by atoms with Gasteiger partial charge in [0.1, 0.15) is 0 Å². The Labute approximate surface area is 163 Å². The van der Waals surface area contributed by atoms with E-state index < -0.39 is 5.60 Å². The van der Waals surface area contributed by atoms with E-state index in [4.69, 9.17) is 15.2 Å². The number of aromatic nitrogens is 2. The van der Waals surface area contributed by atoms with E-state index in [9.17, 15) is 9.59 Å². The first kappa shape index (κ1) is 18.7. The van der Waals surface area contributed by atoms with Crippen molar-refractivity contribution in [3.05, 3.63) is 24.0 Å². The molecule has 3 N–H and O–H groups in total. The third-order valence-corrected chi connectivity index (χ3v) is 5.67. The van der Waals surface area contributed by atoms with E-state index in [2.05, 4.69) is 15.3 Å². The molecule has 4 rings (SSSR count). The molecule has 1 aliphatic carbocycles. The van der Waals surface area contributed by atoms with Crippen LogP contribution in [0.25, 0.3) is 6.08 Å². The van der Waals surface area contributed by atoms with Crippen molar-refractivity contribution >= 4 is 24.0 Å². The van der Waals surface area contributed by atoms with E-state index in [0.717, 1.165) is 25.1 Å². The van der Waals surface area contributed by atoms with Crippen LogP contribution in [0.1, 0.15) is 18.9 Å². The molecule has 0 bridgehead atoms. The minimum atomic E-state index is -0.459. The molecule has 3 atom stereocenters. The molecule has 9 heteroatoms. The molecule has 3 fully saturated rings. The second-order valence-electron chi connectivity index (χ2n) is 7.99. The number of anilines is 1. The molecule has 3 heterocycles. The number of carbonyl (C=O) groups is 2. The summed E-state index contributed by atoms with van der Waals surface area (Å²) in [6.07, 6.45) is 6.93. The van der Waals surface area contributed by atoms with Crippen molar-refractivity contribution in [1.82, 2.24) is 20.2 Å². The van der Waals surface area contributed by atoms with Crippen molar-refractivity contribution in [3.8, 4) is 0 Å². The Hall–Kier alpha value is -2.68. The van der Waals surface area contributed by atoms with E-state index in [1.807, 2.05) is 6.92 Å². The SMILES string of the molecule is CC1(OC(=O)N2C[C@@H]3[C@@H](CCNC(=O)/C=C/c4cnc(N)nc4)[C@@H]3C2)COC1. The van der Waals surface area contributed by atoms with Gasteiger partial charge in [0.25, 0.3) is 0 Å². The van der Waals surface area contributed by atoms with Gasteiger partial charge in [0.2, 0.25) is 11.9 Å². The summed E-state index contributed by atoms with van der Waals surface area (Å²) in [4.78, 5) is 33.6. The monoisotopic (exact) mass is 387 g/mol. The van der Waals surface area contributed by atoms with Crippen LogP contribution in [0.5, 0.6) is 0 Å². The molecule has 9 nitrogen and oxygen atoms in total. The number of hydrogen-bond donors (Lipinski definition) is 2. The minimum Gasteiger partial charge on any atom is -0.438 e. The normalized spacial score (nSPS) is 27.2. The molecule has 1 saturated carbocycles. The summed E-state index contributed by atoms with van der Waals surface area (Å²) in [5, 5.41) is 2.89. The number of hydrogen-bond acceptors (Lipinski definition) is 7. The summed E-state index contributed by atoms with van der Waals surface area (Å²) in [6.45, 7) is 4.96. The number of likely N-dealkylation sites (tertiary alicyclic amines) is 1. The van der Waals surface area contributed by atoms with Crippen LogP contribution in [0.4, 0.5) is 10.7 Å². The Morgan fingerprint density at radius 3 is 2.64 bits per heavy atom. The number of rotatable bonds is 6. The van der Waals surface area contributed by atoms with Crippen LogP contribution in [0, 0.1) is 17.8 Å². The zero-order valence-corrected chi connectivity index (χ0v) is 15.8. The average Bonchev–Trinajstić information content (AvgIpc) is 3.09. The largest absolute Gasteiger partial charge is 0.438 e. The summed E-state index contributed by atoms with van der Waals surface area (Å²) >= 11 is 0. The molecule has 1 aromatic rings. The van der Waals surface area contributed by atoms with Gasteiger partial charge in [0.15, 0.2) is 5.60 Å². The Balaban J connectivity index is 1.13. The van der Waals surface area contributed by atoms with E-state index in [1.165, 1.54) is 6.08 Å². The van der Waals surface area contributed by atoms with Gasteiger partial charge >= 0.3 is 6.09 Å². The van der Waals surface area contributed by atoms with E-state index >= 15 is 0 Å². The molecule has 0 radical (unpaired) electrons. The van der Waals surface area contributed by atoms with Crippen molar-refractivity contribution in [3.63, 3.8) is 0 Å². The van der Waals surface area contributed by atoms with Gasteiger partial charge in [0.05, 0.1) is 13.2 Å². The highest BCUT2D eigenvalue weighted by Crippen LogP contribution is 2.53. The van der Waals surface area contributed by atoms with Crippen LogP contribution in [-0.2, 0) is 14.3 Å². The Morgan fingerprint density at radius 2 is 2.04 bits per heavy atom. The second kappa shape index (κ2) is 7.38. The third-order valence-electron chi connectivity index (χ3n) is 5.67. The predicted octanol–water partition coefficient (Wildman–Crippen LogP) is 0.682. The third kappa shape index (κ3) is 4.09. The minimum absolute atomic E-state index is 0.149. The lowest BCUT2D eigenvalue weighted by Crippen LogP contribution is -2.52. The molecule has 28 heavy (non-hydrogen) atoms. The average molecular weight is 387 g/mol. The number of nitrogens with two attached hydrogens (primary N) is 1. The summed E-state index contributed by atoms with van der Waals surface area (Å²) in [5.41, 5.74) is 5.68. The first-order chi connectivity index (χ1) is 13.4. The number of amides is 2. The molecule has 1 aromatic heterocycles. The number of piperidine rings is 1. The van der Waals surface area contributed by atoms with Crippen LogP contribution >= 0.6 is 0 Å². The summed E-state index contributed by atoms with van der Waals surface area (Å²) in [5.74, 6) is 1.68. The van der Waals surface area contributed by atoms with Gasteiger partial charge < -0.3 is 25.4 Å². The summed E-state index contributed by atoms with van der Waals surface area (Å²) in [6, 6.07) is 0. The molecule has 0 unspecified atom stereocenters. The molecular formula is C19H25N5O4. The Kier molecular flexibility index (Phi) is 4.92. The zero-order valence-electron chi connectivity index (χ0n) is 15.8. The Bertz CT molecular complexity index is 765. The van der Waals surface area contributed by atoms with Gasteiger partial charge in [-0.15, -0.1) is 0 Å². The van der Waals surface area contributed by atoms with Crippen LogP contribution in [0.2, 0.25) is 0 Å². The lowest BCUT2D eigenvalue weighted by molar-refractivity contribution is -0.171. The van der Waals surface area contributed by atoms with Crippen LogP contribution in [0.15, 0.2) is 18.5 Å². The molecule has 2 aliphatic heterocycles. The number of ether oxygens (including phenoxy) is 2. The first-order valence-corrected chi connectivity index (χ1v) is 9.53. The van der Waals surface area contributed by atoms with E-state index in [1.54, 1.807) is 23.4 Å². The highest BCUT2D eigenvalue weighted by atomic mass is 16.6. The first-order valence-electron chi connectivity index (χ1n) is 9.53. The fourth-order valence-electron chi connectivity index (χ4n) is 3.98. The number of nitrogen functional groups attached to an aromatic ring is 1. The van der Waals surface area contributed by atoms with Gasteiger partial charge in [-0.05, 0) is 37.2 Å². The second-order valence-corrected chi connectivity index (χ2v) is 7.99. The highest BCUT2D eigenvalue weighted by molar-refractivity contribution is 5.91. The van der Waals surface area contributed by atoms with Crippen molar-refractivity contribution in [2.45, 2.75) is 18.9 Å². The van der Waals surface area contributed by atoms with Crippen LogP contribution < -0.4 is 11.1 Å².